The third-order valence-electron chi connectivity index (χ3n) is 4.03. The average molecular weight is 374 g/mol. The molecule has 1 aliphatic rings. The van der Waals surface area contributed by atoms with Crippen LogP contribution in [0.2, 0.25) is 0 Å². The van der Waals surface area contributed by atoms with Crippen molar-refractivity contribution in [3.63, 3.8) is 0 Å². The molecule has 2 heterocycles. The van der Waals surface area contributed by atoms with Crippen LogP contribution in [0.4, 0.5) is 0 Å². The van der Waals surface area contributed by atoms with E-state index in [0.29, 0.717) is 0 Å². The van der Waals surface area contributed by atoms with Crippen LogP contribution >= 0.6 is 27.3 Å². The highest BCUT2D eigenvalue weighted by atomic mass is 79.9. The van der Waals surface area contributed by atoms with Gasteiger partial charge >= 0.3 is 0 Å². The molecule has 1 aromatic heterocycles. The molecule has 1 aliphatic heterocycles. The second kappa shape index (κ2) is 5.69. The topological polar surface area (TPSA) is 21.3 Å². The van der Waals surface area contributed by atoms with Crippen molar-refractivity contribution in [1.82, 2.24) is 5.32 Å². The Bertz CT molecular complexity index is 842. The van der Waals surface area contributed by atoms with Crippen molar-refractivity contribution in [3.05, 3.63) is 62.3 Å². The number of thiophene rings is 1. The first-order valence-electron chi connectivity index (χ1n) is 7.36. The van der Waals surface area contributed by atoms with Crippen LogP contribution in [0.15, 0.2) is 46.9 Å². The Hall–Kier alpha value is -1.36. The molecule has 2 aromatic carbocycles. The molecule has 112 valence electrons. The zero-order valence-corrected chi connectivity index (χ0v) is 14.6. The van der Waals surface area contributed by atoms with Crippen LogP contribution in [0.5, 0.6) is 5.75 Å². The number of ether oxygens (including phenoxy) is 1. The maximum atomic E-state index is 6.39. The van der Waals surface area contributed by atoms with Crippen molar-refractivity contribution in [2.75, 3.05) is 6.54 Å². The Balaban J connectivity index is 1.75. The van der Waals surface area contributed by atoms with E-state index in [0.717, 1.165) is 28.7 Å². The van der Waals surface area contributed by atoms with Gasteiger partial charge in [0.25, 0.3) is 0 Å². The van der Waals surface area contributed by atoms with Gasteiger partial charge in [-0.15, -0.1) is 11.3 Å². The molecular weight excluding hydrogens is 358 g/mol. The van der Waals surface area contributed by atoms with E-state index in [1.807, 2.05) is 11.3 Å². The molecule has 1 N–H and O–H groups in total. The largest absolute Gasteiger partial charge is 0.484 e. The van der Waals surface area contributed by atoms with Crippen molar-refractivity contribution < 1.29 is 4.74 Å². The Kier molecular flexibility index (Phi) is 3.68. The summed E-state index contributed by atoms with van der Waals surface area (Å²) in [6, 6.07) is 14.7. The lowest BCUT2D eigenvalue weighted by Gasteiger charge is -2.25. The molecule has 4 heteroatoms. The van der Waals surface area contributed by atoms with Gasteiger partial charge in [0.15, 0.2) is 0 Å². The molecule has 1 unspecified atom stereocenters. The van der Waals surface area contributed by atoms with Crippen LogP contribution in [0, 0.1) is 6.92 Å². The summed E-state index contributed by atoms with van der Waals surface area (Å²) in [6.07, 6.45) is 0.0817. The van der Waals surface area contributed by atoms with Gasteiger partial charge in [0.05, 0.1) is 0 Å². The van der Waals surface area contributed by atoms with Crippen LogP contribution in [0.1, 0.15) is 21.4 Å². The van der Waals surface area contributed by atoms with Gasteiger partial charge in [-0.25, -0.2) is 0 Å². The Morgan fingerprint density at radius 2 is 2.00 bits per heavy atom. The van der Waals surface area contributed by atoms with Crippen LogP contribution < -0.4 is 10.1 Å². The molecule has 0 saturated heterocycles. The third kappa shape index (κ3) is 2.45. The van der Waals surface area contributed by atoms with E-state index in [-0.39, 0.29) is 6.10 Å². The van der Waals surface area contributed by atoms with E-state index in [1.165, 1.54) is 20.7 Å². The normalized spacial score (nSPS) is 17.5. The van der Waals surface area contributed by atoms with Gasteiger partial charge in [-0.1, -0.05) is 40.2 Å². The summed E-state index contributed by atoms with van der Waals surface area (Å²) >= 11 is 5.48. The smallest absolute Gasteiger partial charge is 0.137 e. The van der Waals surface area contributed by atoms with E-state index in [1.54, 1.807) is 0 Å². The number of nitrogens with one attached hydrogen (secondary N) is 1. The monoisotopic (exact) mass is 373 g/mol. The molecule has 0 saturated carbocycles. The van der Waals surface area contributed by atoms with E-state index >= 15 is 0 Å². The summed E-state index contributed by atoms with van der Waals surface area (Å²) in [4.78, 5) is 2.75. The van der Waals surface area contributed by atoms with Gasteiger partial charge in [-0.2, -0.15) is 0 Å². The average Bonchev–Trinajstić information content (AvgIpc) is 2.92. The van der Waals surface area contributed by atoms with Crippen molar-refractivity contribution >= 4 is 38.0 Å². The fraction of sp³-hybridized carbons (Fsp3) is 0.222. The van der Waals surface area contributed by atoms with E-state index in [9.17, 15) is 0 Å². The number of benzene rings is 2. The molecule has 3 aromatic rings. The number of aryl methyl sites for hydroxylation is 1. The predicted octanol–water partition coefficient (Wildman–Crippen LogP) is 5.20. The molecule has 0 amide bonds. The van der Waals surface area contributed by atoms with Crippen LogP contribution in [-0.2, 0) is 6.54 Å². The Morgan fingerprint density at radius 3 is 2.86 bits per heavy atom. The van der Waals surface area contributed by atoms with Crippen molar-refractivity contribution in [1.29, 1.82) is 0 Å². The van der Waals surface area contributed by atoms with Crippen molar-refractivity contribution in [2.24, 2.45) is 0 Å². The van der Waals surface area contributed by atoms with Crippen LogP contribution in [0.3, 0.4) is 0 Å². The fourth-order valence-corrected chi connectivity index (χ4v) is 4.55. The Morgan fingerprint density at radius 1 is 1.18 bits per heavy atom. The number of hydrogen-bond acceptors (Lipinski definition) is 3. The summed E-state index contributed by atoms with van der Waals surface area (Å²) in [5.41, 5.74) is 1.34. The first-order chi connectivity index (χ1) is 10.7. The lowest BCUT2D eigenvalue weighted by molar-refractivity contribution is 0.195. The maximum Gasteiger partial charge on any atom is 0.137 e. The van der Waals surface area contributed by atoms with Gasteiger partial charge in [0.2, 0.25) is 0 Å². The summed E-state index contributed by atoms with van der Waals surface area (Å²) in [5, 5.41) is 5.79. The molecule has 0 bridgehead atoms. The number of fused-ring (bicyclic) bond motifs is 2. The molecule has 0 radical (unpaired) electrons. The minimum absolute atomic E-state index is 0.0817. The number of rotatable bonds is 2. The molecule has 2 nitrogen and oxygen atoms in total. The minimum atomic E-state index is 0.0817. The second-order valence-electron chi connectivity index (χ2n) is 5.56. The van der Waals surface area contributed by atoms with Crippen molar-refractivity contribution in [2.45, 2.75) is 19.6 Å². The number of halogens is 1. The summed E-state index contributed by atoms with van der Waals surface area (Å²) in [6.45, 7) is 3.97. The van der Waals surface area contributed by atoms with Gasteiger partial charge < -0.3 is 10.1 Å². The first-order valence-corrected chi connectivity index (χ1v) is 8.97. The van der Waals surface area contributed by atoms with E-state index in [2.05, 4.69) is 70.6 Å². The highest BCUT2D eigenvalue weighted by Crippen LogP contribution is 2.37. The first kappa shape index (κ1) is 14.2. The summed E-state index contributed by atoms with van der Waals surface area (Å²) < 4.78 is 7.49. The van der Waals surface area contributed by atoms with Gasteiger partial charge in [-0.05, 0) is 30.5 Å². The maximum absolute atomic E-state index is 6.39. The zero-order valence-electron chi connectivity index (χ0n) is 12.2. The molecule has 4 rings (SSSR count). The van der Waals surface area contributed by atoms with Crippen LogP contribution in [0.25, 0.3) is 10.8 Å². The van der Waals surface area contributed by atoms with Gasteiger partial charge in [0, 0.05) is 38.3 Å². The van der Waals surface area contributed by atoms with Gasteiger partial charge in [0.1, 0.15) is 11.9 Å². The third-order valence-corrected chi connectivity index (χ3v) is 5.78. The predicted molar refractivity (Wildman–Crippen MR) is 95.8 cm³/mol. The van der Waals surface area contributed by atoms with Crippen LogP contribution in [-0.4, -0.2) is 6.54 Å². The fourth-order valence-electron chi connectivity index (χ4n) is 3.02. The minimum Gasteiger partial charge on any atom is -0.484 e. The molecular formula is C18H16BrNOS. The van der Waals surface area contributed by atoms with Crippen molar-refractivity contribution in [3.8, 4) is 5.75 Å². The van der Waals surface area contributed by atoms with Gasteiger partial charge in [-0.3, -0.25) is 0 Å². The van der Waals surface area contributed by atoms with E-state index in [4.69, 9.17) is 4.74 Å². The molecule has 1 atom stereocenters. The summed E-state index contributed by atoms with van der Waals surface area (Å²) in [5.74, 6) is 0.947. The lowest BCUT2D eigenvalue weighted by atomic mass is 10.1. The SMILES string of the molecule is Cc1cc2c(s1)CNCC2Oc1ccc(Br)c2ccccc12. The standard InChI is InChI=1S/C18H16BrNOS/c1-11-8-14-17(9-20-10-18(14)22-11)21-16-7-6-15(19)12-4-2-3-5-13(12)16/h2-8,17,20H,9-10H2,1H3. The quantitative estimate of drug-likeness (QED) is 0.666. The Labute approximate surface area is 142 Å². The lowest BCUT2D eigenvalue weighted by Crippen LogP contribution is -2.30. The molecule has 22 heavy (non-hydrogen) atoms. The molecule has 0 aliphatic carbocycles. The van der Waals surface area contributed by atoms with E-state index < -0.39 is 0 Å². The summed E-state index contributed by atoms with van der Waals surface area (Å²) in [7, 11) is 0. The number of hydrogen-bond donors (Lipinski definition) is 1. The second-order valence-corrected chi connectivity index (χ2v) is 7.76. The molecule has 0 fully saturated rings. The molecule has 0 spiro atoms. The highest BCUT2D eigenvalue weighted by Gasteiger charge is 2.24. The zero-order chi connectivity index (χ0) is 15.1. The highest BCUT2D eigenvalue weighted by molar-refractivity contribution is 9.10.